The van der Waals surface area contributed by atoms with Gasteiger partial charge in [0.15, 0.2) is 5.82 Å². The van der Waals surface area contributed by atoms with Crippen molar-refractivity contribution in [2.75, 3.05) is 13.1 Å². The quantitative estimate of drug-likeness (QED) is 0.874. The molecule has 1 aliphatic rings. The van der Waals surface area contributed by atoms with E-state index in [1.54, 1.807) is 6.92 Å². The van der Waals surface area contributed by atoms with Crippen LogP contribution in [0.5, 0.6) is 0 Å². The third-order valence-corrected chi connectivity index (χ3v) is 3.50. The second-order valence-corrected chi connectivity index (χ2v) is 4.96. The second-order valence-electron chi connectivity index (χ2n) is 4.96. The van der Waals surface area contributed by atoms with Gasteiger partial charge in [-0.15, -0.1) is 0 Å². The lowest BCUT2D eigenvalue weighted by Crippen LogP contribution is -2.42. The molecule has 1 fully saturated rings. The smallest absolute Gasteiger partial charge is 0.246 e. The highest BCUT2D eigenvalue weighted by Crippen LogP contribution is 2.18. The van der Waals surface area contributed by atoms with Crippen molar-refractivity contribution in [3.8, 4) is 0 Å². The summed E-state index contributed by atoms with van der Waals surface area (Å²) in [6.07, 6.45) is 1.94. The summed E-state index contributed by atoms with van der Waals surface area (Å²) in [5.74, 6) is 1.07. The molecular formula is C13H20N4O3. The summed E-state index contributed by atoms with van der Waals surface area (Å²) in [5.41, 5.74) is 0. The van der Waals surface area contributed by atoms with Crippen molar-refractivity contribution in [1.29, 1.82) is 0 Å². The SMILES string of the molecule is CCC(=O)N1CCC(C(=O)NCc2nc(C)no2)CC1. The van der Waals surface area contributed by atoms with Crippen LogP contribution in [0.4, 0.5) is 0 Å². The van der Waals surface area contributed by atoms with Crippen molar-refractivity contribution < 1.29 is 14.1 Å². The third kappa shape index (κ3) is 3.55. The Balaban J connectivity index is 1.76. The number of piperidine rings is 1. The van der Waals surface area contributed by atoms with Crippen LogP contribution in [0.2, 0.25) is 0 Å². The minimum absolute atomic E-state index is 0.00977. The van der Waals surface area contributed by atoms with E-state index in [1.165, 1.54) is 0 Å². The summed E-state index contributed by atoms with van der Waals surface area (Å²) < 4.78 is 4.94. The zero-order valence-electron chi connectivity index (χ0n) is 11.9. The number of nitrogens with zero attached hydrogens (tertiary/aromatic N) is 3. The molecule has 0 bridgehead atoms. The van der Waals surface area contributed by atoms with Gasteiger partial charge in [0.05, 0.1) is 6.54 Å². The number of carbonyl (C=O) groups is 2. The molecule has 0 atom stereocenters. The molecule has 1 N–H and O–H groups in total. The van der Waals surface area contributed by atoms with Gasteiger partial charge < -0.3 is 14.7 Å². The molecule has 0 radical (unpaired) electrons. The highest BCUT2D eigenvalue weighted by atomic mass is 16.5. The van der Waals surface area contributed by atoms with E-state index in [-0.39, 0.29) is 24.3 Å². The second kappa shape index (κ2) is 6.49. The first-order valence-electron chi connectivity index (χ1n) is 6.94. The summed E-state index contributed by atoms with van der Waals surface area (Å²) in [6, 6.07) is 0. The molecule has 2 amide bonds. The number of carbonyl (C=O) groups excluding carboxylic acids is 2. The molecule has 1 aromatic rings. The Bertz CT molecular complexity index is 478. The number of aromatic nitrogens is 2. The number of amides is 2. The fourth-order valence-corrected chi connectivity index (χ4v) is 2.33. The van der Waals surface area contributed by atoms with E-state index in [0.29, 0.717) is 44.1 Å². The number of nitrogens with one attached hydrogen (secondary N) is 1. The van der Waals surface area contributed by atoms with Gasteiger partial charge in [-0.3, -0.25) is 9.59 Å². The molecule has 7 heteroatoms. The molecule has 20 heavy (non-hydrogen) atoms. The van der Waals surface area contributed by atoms with Crippen LogP contribution in [0.25, 0.3) is 0 Å². The van der Waals surface area contributed by atoms with Crippen molar-refractivity contribution in [1.82, 2.24) is 20.4 Å². The lowest BCUT2D eigenvalue weighted by atomic mass is 9.96. The topological polar surface area (TPSA) is 88.3 Å². The molecular weight excluding hydrogens is 260 g/mol. The van der Waals surface area contributed by atoms with Gasteiger partial charge in [-0.2, -0.15) is 4.98 Å². The average molecular weight is 280 g/mol. The van der Waals surface area contributed by atoms with Gasteiger partial charge in [-0.1, -0.05) is 12.1 Å². The summed E-state index contributed by atoms with van der Waals surface area (Å²) in [6.45, 7) is 5.16. The van der Waals surface area contributed by atoms with Crippen molar-refractivity contribution in [3.63, 3.8) is 0 Å². The Kier molecular flexibility index (Phi) is 4.70. The van der Waals surface area contributed by atoms with Gasteiger partial charge >= 0.3 is 0 Å². The van der Waals surface area contributed by atoms with Crippen molar-refractivity contribution in [2.45, 2.75) is 39.7 Å². The molecule has 0 aromatic carbocycles. The largest absolute Gasteiger partial charge is 0.347 e. The van der Waals surface area contributed by atoms with Crippen molar-refractivity contribution in [2.24, 2.45) is 5.92 Å². The molecule has 1 aromatic heterocycles. The van der Waals surface area contributed by atoms with Crippen LogP contribution in [-0.2, 0) is 16.1 Å². The Morgan fingerprint density at radius 2 is 2.10 bits per heavy atom. The van der Waals surface area contributed by atoms with Crippen LogP contribution in [0, 0.1) is 12.8 Å². The van der Waals surface area contributed by atoms with E-state index in [9.17, 15) is 9.59 Å². The fourth-order valence-electron chi connectivity index (χ4n) is 2.33. The Labute approximate surface area is 117 Å². The monoisotopic (exact) mass is 280 g/mol. The summed E-state index contributed by atoms with van der Waals surface area (Å²) >= 11 is 0. The predicted molar refractivity (Wildman–Crippen MR) is 70.5 cm³/mol. The summed E-state index contributed by atoms with van der Waals surface area (Å²) in [5, 5.41) is 6.47. The molecule has 0 aliphatic carbocycles. The first kappa shape index (κ1) is 14.5. The maximum atomic E-state index is 12.0. The van der Waals surface area contributed by atoms with Crippen LogP contribution in [-0.4, -0.2) is 39.9 Å². The number of hydrogen-bond acceptors (Lipinski definition) is 5. The van der Waals surface area contributed by atoms with Crippen LogP contribution in [0.1, 0.15) is 37.9 Å². The fraction of sp³-hybridized carbons (Fsp3) is 0.692. The molecule has 0 unspecified atom stereocenters. The number of aryl methyl sites for hydroxylation is 1. The zero-order chi connectivity index (χ0) is 14.5. The lowest BCUT2D eigenvalue weighted by Gasteiger charge is -2.31. The van der Waals surface area contributed by atoms with E-state index in [2.05, 4.69) is 15.5 Å². The molecule has 2 heterocycles. The average Bonchev–Trinajstić information content (AvgIpc) is 2.89. The highest BCUT2D eigenvalue weighted by Gasteiger charge is 2.26. The summed E-state index contributed by atoms with van der Waals surface area (Å²) in [7, 11) is 0. The summed E-state index contributed by atoms with van der Waals surface area (Å²) in [4.78, 5) is 29.4. The predicted octanol–water partition coefficient (Wildman–Crippen LogP) is 0.643. The first-order valence-corrected chi connectivity index (χ1v) is 6.94. The van der Waals surface area contributed by atoms with Gasteiger partial charge in [-0.25, -0.2) is 0 Å². The van der Waals surface area contributed by atoms with Gasteiger partial charge in [0.1, 0.15) is 0 Å². The van der Waals surface area contributed by atoms with E-state index in [4.69, 9.17) is 4.52 Å². The molecule has 0 saturated carbocycles. The molecule has 1 aliphatic heterocycles. The molecule has 2 rings (SSSR count). The lowest BCUT2D eigenvalue weighted by molar-refractivity contribution is -0.135. The Hall–Kier alpha value is -1.92. The highest BCUT2D eigenvalue weighted by molar-refractivity contribution is 5.79. The minimum Gasteiger partial charge on any atom is -0.347 e. The van der Waals surface area contributed by atoms with Crippen molar-refractivity contribution in [3.05, 3.63) is 11.7 Å². The maximum absolute atomic E-state index is 12.0. The standard InChI is InChI=1S/C13H20N4O3/c1-3-12(18)17-6-4-10(5-7-17)13(19)14-8-11-15-9(2)16-20-11/h10H,3-8H2,1-2H3,(H,14,19). The van der Waals surface area contributed by atoms with E-state index < -0.39 is 0 Å². The van der Waals surface area contributed by atoms with E-state index in [1.807, 2.05) is 11.8 Å². The third-order valence-electron chi connectivity index (χ3n) is 3.50. The first-order chi connectivity index (χ1) is 9.60. The van der Waals surface area contributed by atoms with Crippen LogP contribution < -0.4 is 5.32 Å². The Morgan fingerprint density at radius 1 is 1.40 bits per heavy atom. The van der Waals surface area contributed by atoms with Crippen LogP contribution in [0.3, 0.4) is 0 Å². The van der Waals surface area contributed by atoms with Crippen LogP contribution in [0.15, 0.2) is 4.52 Å². The van der Waals surface area contributed by atoms with Gasteiger partial charge in [0.25, 0.3) is 0 Å². The normalized spacial score (nSPS) is 16.2. The van der Waals surface area contributed by atoms with E-state index >= 15 is 0 Å². The molecule has 7 nitrogen and oxygen atoms in total. The number of rotatable bonds is 4. The van der Waals surface area contributed by atoms with Gasteiger partial charge in [0.2, 0.25) is 17.7 Å². The van der Waals surface area contributed by atoms with Crippen LogP contribution >= 0.6 is 0 Å². The Morgan fingerprint density at radius 3 is 2.65 bits per heavy atom. The van der Waals surface area contributed by atoms with E-state index in [0.717, 1.165) is 0 Å². The van der Waals surface area contributed by atoms with Gasteiger partial charge in [0, 0.05) is 25.4 Å². The minimum atomic E-state index is -0.0417. The zero-order valence-corrected chi connectivity index (χ0v) is 11.9. The molecule has 110 valence electrons. The molecule has 0 spiro atoms. The number of hydrogen-bond donors (Lipinski definition) is 1. The maximum Gasteiger partial charge on any atom is 0.246 e. The van der Waals surface area contributed by atoms with Crippen molar-refractivity contribution >= 4 is 11.8 Å². The number of likely N-dealkylation sites (tertiary alicyclic amines) is 1. The molecule has 1 saturated heterocycles. The van der Waals surface area contributed by atoms with Gasteiger partial charge in [-0.05, 0) is 19.8 Å².